The van der Waals surface area contributed by atoms with Crippen molar-refractivity contribution >= 4 is 28.2 Å². The van der Waals surface area contributed by atoms with Gasteiger partial charge in [0.1, 0.15) is 46.7 Å². The van der Waals surface area contributed by atoms with Crippen molar-refractivity contribution in [1.82, 2.24) is 0 Å². The fourth-order valence-corrected chi connectivity index (χ4v) is 5.53. The van der Waals surface area contributed by atoms with E-state index in [1.165, 1.54) is 18.8 Å². The van der Waals surface area contributed by atoms with Crippen LogP contribution < -0.4 is 21.3 Å². The van der Waals surface area contributed by atoms with Crippen molar-refractivity contribution in [3.8, 4) is 0 Å². The number of quaternary nitrogens is 1. The number of halogens is 15. The zero-order valence-corrected chi connectivity index (χ0v) is 24.5. The van der Waals surface area contributed by atoms with Gasteiger partial charge >= 0.3 is 0 Å². The summed E-state index contributed by atoms with van der Waals surface area (Å²) in [5, 5.41) is 0. The van der Waals surface area contributed by atoms with Crippen molar-refractivity contribution in [2.75, 3.05) is 13.1 Å². The fourth-order valence-electron chi connectivity index (χ4n) is 5.53. The van der Waals surface area contributed by atoms with Gasteiger partial charge in [0.2, 0.25) is 0 Å². The molecule has 4 aromatic carbocycles. The van der Waals surface area contributed by atoms with Crippen LogP contribution in [0.15, 0.2) is 43.0 Å². The number of rotatable bonds is 8. The molecular weight excluding hydrogens is 682 g/mol. The lowest BCUT2D eigenvalue weighted by Crippen LogP contribution is -3.06. The number of nitrogens with one attached hydrogen (secondary N) is 1. The van der Waals surface area contributed by atoms with Crippen molar-refractivity contribution in [2.45, 2.75) is 20.2 Å². The maximum Gasteiger partial charge on any atom is 0.200 e. The maximum absolute atomic E-state index is 14.9. The van der Waals surface area contributed by atoms with E-state index in [0.29, 0.717) is 0 Å². The normalized spacial score (nSPS) is 11.5. The van der Waals surface area contributed by atoms with Crippen molar-refractivity contribution in [3.05, 3.63) is 130 Å². The summed E-state index contributed by atoms with van der Waals surface area (Å²) in [6, 6.07) is 10.6. The van der Waals surface area contributed by atoms with Gasteiger partial charge in [0.15, 0.2) is 52.4 Å². The average molecular weight is 703 g/mol. The molecule has 0 bridgehead atoms. The molecule has 0 unspecified atom stereocenters. The lowest BCUT2D eigenvalue weighted by Gasteiger charge is -2.43. The summed E-state index contributed by atoms with van der Waals surface area (Å²) in [4.78, 5) is 1.55. The molecule has 0 heterocycles. The Morgan fingerprint density at radius 2 is 0.708 bits per heavy atom. The molecule has 258 valence electrons. The molecule has 17 heteroatoms. The molecule has 0 spiro atoms. The summed E-state index contributed by atoms with van der Waals surface area (Å²) >= 11 is 0. The van der Waals surface area contributed by atoms with Crippen molar-refractivity contribution in [3.63, 3.8) is 0 Å². The molecule has 0 radical (unpaired) electrons. The monoisotopic (exact) mass is 703 g/mol. The first-order valence-corrected chi connectivity index (χ1v) is 13.7. The van der Waals surface area contributed by atoms with Gasteiger partial charge < -0.3 is 4.90 Å². The van der Waals surface area contributed by atoms with E-state index in [9.17, 15) is 65.9 Å². The van der Waals surface area contributed by atoms with E-state index >= 15 is 0 Å². The SMILES string of the molecule is C=CC[B-](c1c(F)c(F)c(F)c(F)c1F)(c1c(F)c(F)c(F)c(F)c1F)c1c(F)c(F)c(F)c(F)c1F.CC[NH+](CC)c1ccccc1. The Morgan fingerprint density at radius 1 is 0.458 bits per heavy atom. The molecule has 48 heavy (non-hydrogen) atoms. The topological polar surface area (TPSA) is 4.44 Å². The standard InChI is InChI=1S/C21H5BF15.C10H15N/c1-2-3-22(4-7(23)13(29)19(35)14(30)8(4)24,5-9(25)15(31)20(36)16(32)10(5)26)6-11(27)17(33)21(37)18(34)12(6)28;1-3-11(4-2)10-8-6-5-7-9-10/h2H,1,3H2;5-9H,3-4H2,1-2H3/q-1;/p+1. The van der Waals surface area contributed by atoms with Gasteiger partial charge in [-0.1, -0.05) is 18.2 Å². The van der Waals surface area contributed by atoms with Gasteiger partial charge in [-0.15, -0.1) is 35.4 Å². The van der Waals surface area contributed by atoms with Crippen LogP contribution in [-0.2, 0) is 0 Å². The highest BCUT2D eigenvalue weighted by Crippen LogP contribution is 2.30. The third-order valence-corrected chi connectivity index (χ3v) is 7.77. The molecule has 0 aromatic heterocycles. The largest absolute Gasteiger partial charge is 0.303 e. The summed E-state index contributed by atoms with van der Waals surface area (Å²) in [6.45, 7) is 9.65. The zero-order chi connectivity index (χ0) is 36.4. The molecule has 0 aliphatic heterocycles. The summed E-state index contributed by atoms with van der Waals surface area (Å²) in [7, 11) is 0. The number of benzene rings is 4. The molecule has 1 nitrogen and oxygen atoms in total. The van der Waals surface area contributed by atoms with Crippen LogP contribution in [0.4, 0.5) is 71.5 Å². The molecular formula is C31H21BF15N. The summed E-state index contributed by atoms with van der Waals surface area (Å²) in [6.07, 6.45) is -7.22. The predicted octanol–water partition coefficient (Wildman–Crippen LogP) is 6.67. The summed E-state index contributed by atoms with van der Waals surface area (Å²) in [5.41, 5.74) is -6.55. The number of hydrogen-bond donors (Lipinski definition) is 1. The summed E-state index contributed by atoms with van der Waals surface area (Å²) in [5.74, 6) is -45.3. The minimum Gasteiger partial charge on any atom is -0.303 e. The van der Waals surface area contributed by atoms with Crippen molar-refractivity contribution in [2.24, 2.45) is 0 Å². The Balaban J connectivity index is 0.000000480. The molecule has 0 amide bonds. The van der Waals surface area contributed by atoms with Crippen LogP contribution in [-0.4, -0.2) is 19.2 Å². The van der Waals surface area contributed by atoms with Crippen LogP contribution >= 0.6 is 0 Å². The third-order valence-electron chi connectivity index (χ3n) is 7.77. The third kappa shape index (κ3) is 6.15. The van der Waals surface area contributed by atoms with E-state index in [2.05, 4.69) is 50.8 Å². The van der Waals surface area contributed by atoms with Crippen LogP contribution in [0.5, 0.6) is 0 Å². The minimum atomic E-state index is -5.52. The van der Waals surface area contributed by atoms with Gasteiger partial charge in [-0.05, 0) is 26.0 Å². The van der Waals surface area contributed by atoms with E-state index in [0.717, 1.165) is 0 Å². The number of hydrogen-bond acceptors (Lipinski definition) is 0. The van der Waals surface area contributed by atoms with Gasteiger partial charge in [-0.3, -0.25) is 0 Å². The highest BCUT2D eigenvalue weighted by atomic mass is 19.2. The van der Waals surface area contributed by atoms with E-state index in [1.807, 2.05) is 0 Å². The first-order valence-electron chi connectivity index (χ1n) is 13.7. The summed E-state index contributed by atoms with van der Waals surface area (Å²) < 4.78 is 215. The zero-order valence-electron chi connectivity index (χ0n) is 24.5. The van der Waals surface area contributed by atoms with E-state index in [4.69, 9.17) is 0 Å². The van der Waals surface area contributed by atoms with Crippen LogP contribution in [0.2, 0.25) is 6.32 Å². The second kappa shape index (κ2) is 14.8. The molecule has 1 N–H and O–H groups in total. The molecule has 4 aromatic rings. The quantitative estimate of drug-likeness (QED) is 0.0688. The van der Waals surface area contributed by atoms with Gasteiger partial charge in [-0.2, -0.15) is 0 Å². The Kier molecular flexibility index (Phi) is 11.7. The minimum absolute atomic E-state index is 0.189. The highest BCUT2D eigenvalue weighted by molar-refractivity contribution is 7.12. The van der Waals surface area contributed by atoms with E-state index in [1.54, 1.807) is 4.90 Å². The van der Waals surface area contributed by atoms with Crippen LogP contribution in [0.25, 0.3) is 0 Å². The van der Waals surface area contributed by atoms with E-state index < -0.39 is 116 Å². The predicted molar refractivity (Wildman–Crippen MR) is 147 cm³/mol. The molecule has 4 rings (SSSR count). The number of allylic oxidation sites excluding steroid dienone is 1. The van der Waals surface area contributed by atoms with Crippen LogP contribution in [0.3, 0.4) is 0 Å². The first kappa shape index (κ1) is 38.0. The Morgan fingerprint density at radius 3 is 0.938 bits per heavy atom. The van der Waals surface area contributed by atoms with Gasteiger partial charge in [0, 0.05) is 0 Å². The second-order valence-corrected chi connectivity index (χ2v) is 10.2. The molecule has 0 saturated heterocycles. The molecule has 0 atom stereocenters. The lowest BCUT2D eigenvalue weighted by atomic mass is 9.13. The van der Waals surface area contributed by atoms with Gasteiger partial charge in [0.05, 0.1) is 13.1 Å². The molecule has 0 aliphatic rings. The Bertz CT molecular complexity index is 1600. The Labute approximate surface area is 262 Å². The molecule has 0 saturated carbocycles. The first-order chi connectivity index (χ1) is 22.5. The van der Waals surface area contributed by atoms with E-state index in [-0.39, 0.29) is 6.08 Å². The fraction of sp³-hybridized carbons (Fsp3) is 0.161. The lowest BCUT2D eigenvalue weighted by molar-refractivity contribution is -0.828. The highest BCUT2D eigenvalue weighted by Gasteiger charge is 2.47. The average Bonchev–Trinajstić information content (AvgIpc) is 3.08. The smallest absolute Gasteiger partial charge is 0.200 e. The number of para-hydroxylation sites is 1. The second-order valence-electron chi connectivity index (χ2n) is 10.2. The van der Waals surface area contributed by atoms with Crippen LogP contribution in [0.1, 0.15) is 13.8 Å². The maximum atomic E-state index is 14.9. The Hall–Kier alpha value is -4.41. The van der Waals surface area contributed by atoms with Gasteiger partial charge in [0.25, 0.3) is 0 Å². The molecule has 0 fully saturated rings. The van der Waals surface area contributed by atoms with Gasteiger partial charge in [-0.25, -0.2) is 65.9 Å². The van der Waals surface area contributed by atoms with Crippen molar-refractivity contribution in [1.29, 1.82) is 0 Å². The van der Waals surface area contributed by atoms with Crippen molar-refractivity contribution < 1.29 is 70.8 Å². The molecule has 0 aliphatic carbocycles. The van der Waals surface area contributed by atoms with Crippen LogP contribution in [0, 0.1) is 87.3 Å².